The molecule has 178 valence electrons. The molecule has 0 aliphatic heterocycles. The second-order valence-corrected chi connectivity index (χ2v) is 9.09. The van der Waals surface area contributed by atoms with Crippen LogP contribution in [0.15, 0.2) is 96.0 Å². The number of pyridine rings is 1. The zero-order chi connectivity index (χ0) is 25.3. The Morgan fingerprint density at radius 3 is 2.17 bits per heavy atom. The number of carbonyl (C=O) groups is 2. The molecule has 4 rings (SSSR count). The van der Waals surface area contributed by atoms with Gasteiger partial charge in [0.1, 0.15) is 11.1 Å². The van der Waals surface area contributed by atoms with Crippen molar-refractivity contribution >= 4 is 23.6 Å². The summed E-state index contributed by atoms with van der Waals surface area (Å²) in [6.07, 6.45) is 0.160. The summed E-state index contributed by atoms with van der Waals surface area (Å²) in [6.45, 7) is 2.01. The molecule has 6 nitrogen and oxygen atoms in total. The number of amides is 2. The van der Waals surface area contributed by atoms with Crippen LogP contribution in [0.1, 0.15) is 16.7 Å². The summed E-state index contributed by atoms with van der Waals surface area (Å²) in [5.74, 6) is -0.726. The fourth-order valence-electron chi connectivity index (χ4n) is 3.59. The second kappa shape index (κ2) is 11.8. The standard InChI is InChI=1S/C29H24N4O2S/c1-20-12-14-22(15-13-20)24-17-26(23-10-6-3-7-11-23)31-29(25(24)18-30)36-19-28(35)33-32-27(34)16-21-8-4-2-5-9-21/h2-15,17H,16,19H2,1H3,(H,32,34)(H,33,35). The number of hydrogen-bond donors (Lipinski definition) is 2. The van der Waals surface area contributed by atoms with Crippen molar-refractivity contribution in [2.45, 2.75) is 18.4 Å². The Balaban J connectivity index is 1.52. The largest absolute Gasteiger partial charge is 0.273 e. The quantitative estimate of drug-likeness (QED) is 0.277. The molecule has 4 aromatic rings. The molecule has 36 heavy (non-hydrogen) atoms. The van der Waals surface area contributed by atoms with Crippen LogP contribution in [-0.4, -0.2) is 22.6 Å². The summed E-state index contributed by atoms with van der Waals surface area (Å²) < 4.78 is 0. The van der Waals surface area contributed by atoms with Gasteiger partial charge in [0.25, 0.3) is 0 Å². The van der Waals surface area contributed by atoms with E-state index in [1.54, 1.807) is 0 Å². The number of benzene rings is 3. The highest BCUT2D eigenvalue weighted by Gasteiger charge is 2.17. The van der Waals surface area contributed by atoms with Gasteiger partial charge in [-0.25, -0.2) is 4.98 Å². The fourth-order valence-corrected chi connectivity index (χ4v) is 4.39. The lowest BCUT2D eigenvalue weighted by atomic mass is 9.98. The first-order chi connectivity index (χ1) is 17.5. The molecule has 2 N–H and O–H groups in total. The molecule has 0 aliphatic rings. The van der Waals surface area contributed by atoms with Gasteiger partial charge in [0.05, 0.1) is 23.4 Å². The lowest BCUT2D eigenvalue weighted by Gasteiger charge is -2.13. The van der Waals surface area contributed by atoms with Crippen LogP contribution in [0.5, 0.6) is 0 Å². The summed E-state index contributed by atoms with van der Waals surface area (Å²) in [5, 5.41) is 10.5. The molecule has 0 aliphatic carbocycles. The summed E-state index contributed by atoms with van der Waals surface area (Å²) in [5.41, 5.74) is 10.5. The normalized spacial score (nSPS) is 10.3. The summed E-state index contributed by atoms with van der Waals surface area (Å²) >= 11 is 1.16. The van der Waals surface area contributed by atoms with Gasteiger partial charge in [0.2, 0.25) is 11.8 Å². The number of nitrogens with one attached hydrogen (secondary N) is 2. The van der Waals surface area contributed by atoms with Gasteiger partial charge in [-0.2, -0.15) is 5.26 Å². The Labute approximate surface area is 214 Å². The summed E-state index contributed by atoms with van der Waals surface area (Å²) in [4.78, 5) is 29.3. The first kappa shape index (κ1) is 24.7. The van der Waals surface area contributed by atoms with Gasteiger partial charge >= 0.3 is 0 Å². The smallest absolute Gasteiger partial charge is 0.248 e. The van der Waals surface area contributed by atoms with Crippen molar-refractivity contribution in [2.24, 2.45) is 0 Å². The van der Waals surface area contributed by atoms with E-state index < -0.39 is 5.91 Å². The number of nitrogens with zero attached hydrogens (tertiary/aromatic N) is 2. The van der Waals surface area contributed by atoms with Gasteiger partial charge in [0.15, 0.2) is 0 Å². The third-order valence-electron chi connectivity index (χ3n) is 5.42. The van der Waals surface area contributed by atoms with Gasteiger partial charge < -0.3 is 0 Å². The topological polar surface area (TPSA) is 94.9 Å². The van der Waals surface area contributed by atoms with Gasteiger partial charge in [0, 0.05) is 11.1 Å². The number of rotatable bonds is 7. The molecular formula is C29H24N4O2S. The molecule has 1 aromatic heterocycles. The number of thioether (sulfide) groups is 1. The third kappa shape index (κ3) is 6.38. The number of hydrazine groups is 1. The Hall–Kier alpha value is -4.41. The zero-order valence-electron chi connectivity index (χ0n) is 19.7. The molecule has 0 atom stereocenters. The first-order valence-corrected chi connectivity index (χ1v) is 12.3. The van der Waals surface area contributed by atoms with Crippen LogP contribution in [0.3, 0.4) is 0 Å². The van der Waals surface area contributed by atoms with E-state index in [1.165, 1.54) is 0 Å². The molecule has 3 aromatic carbocycles. The maximum atomic E-state index is 12.5. The van der Waals surface area contributed by atoms with Crippen LogP contribution < -0.4 is 10.9 Å². The molecule has 0 saturated carbocycles. The minimum absolute atomic E-state index is 0.0150. The Bertz CT molecular complexity index is 1400. The SMILES string of the molecule is Cc1ccc(-c2cc(-c3ccccc3)nc(SCC(=O)NNC(=O)Cc3ccccc3)c2C#N)cc1. The zero-order valence-corrected chi connectivity index (χ0v) is 20.5. The van der Waals surface area contributed by atoms with Gasteiger partial charge in [-0.15, -0.1) is 0 Å². The molecule has 1 heterocycles. The predicted octanol–water partition coefficient (Wildman–Crippen LogP) is 5.08. The van der Waals surface area contributed by atoms with E-state index in [9.17, 15) is 14.9 Å². The molecule has 0 unspecified atom stereocenters. The van der Waals surface area contributed by atoms with E-state index in [0.717, 1.165) is 39.6 Å². The minimum atomic E-state index is -0.394. The van der Waals surface area contributed by atoms with Crippen molar-refractivity contribution in [3.63, 3.8) is 0 Å². The van der Waals surface area contributed by atoms with E-state index in [2.05, 4.69) is 16.9 Å². The highest BCUT2D eigenvalue weighted by atomic mass is 32.2. The van der Waals surface area contributed by atoms with Crippen LogP contribution in [0.2, 0.25) is 0 Å². The second-order valence-electron chi connectivity index (χ2n) is 8.13. The fraction of sp³-hybridized carbons (Fsp3) is 0.103. The van der Waals surface area contributed by atoms with Crippen molar-refractivity contribution in [3.05, 3.63) is 108 Å². The highest BCUT2D eigenvalue weighted by Crippen LogP contribution is 2.34. The van der Waals surface area contributed by atoms with Crippen molar-refractivity contribution < 1.29 is 9.59 Å². The van der Waals surface area contributed by atoms with Crippen LogP contribution >= 0.6 is 11.8 Å². The molecule has 0 spiro atoms. The molecule has 2 amide bonds. The van der Waals surface area contributed by atoms with Gasteiger partial charge in [-0.3, -0.25) is 20.4 Å². The van der Waals surface area contributed by atoms with Crippen LogP contribution in [0.25, 0.3) is 22.4 Å². The van der Waals surface area contributed by atoms with Crippen LogP contribution in [0, 0.1) is 18.3 Å². The average Bonchev–Trinajstić information content (AvgIpc) is 2.91. The van der Waals surface area contributed by atoms with E-state index >= 15 is 0 Å². The first-order valence-electron chi connectivity index (χ1n) is 11.4. The molecule has 0 saturated heterocycles. The predicted molar refractivity (Wildman–Crippen MR) is 142 cm³/mol. The van der Waals surface area contributed by atoms with E-state index in [1.807, 2.05) is 97.9 Å². The van der Waals surface area contributed by atoms with Crippen molar-refractivity contribution in [1.29, 1.82) is 5.26 Å². The van der Waals surface area contributed by atoms with Crippen molar-refractivity contribution in [1.82, 2.24) is 15.8 Å². The van der Waals surface area contributed by atoms with Gasteiger partial charge in [-0.05, 0) is 24.1 Å². The van der Waals surface area contributed by atoms with Crippen LogP contribution in [0.4, 0.5) is 0 Å². The maximum absolute atomic E-state index is 12.5. The van der Waals surface area contributed by atoms with Crippen LogP contribution in [-0.2, 0) is 16.0 Å². The monoisotopic (exact) mass is 492 g/mol. The molecule has 0 bridgehead atoms. The average molecular weight is 493 g/mol. The number of aromatic nitrogens is 1. The summed E-state index contributed by atoms with van der Waals surface area (Å²) in [7, 11) is 0. The molecule has 0 fully saturated rings. The van der Waals surface area contributed by atoms with E-state index in [4.69, 9.17) is 4.98 Å². The number of aryl methyl sites for hydroxylation is 1. The van der Waals surface area contributed by atoms with Crippen molar-refractivity contribution in [2.75, 3.05) is 5.75 Å². The van der Waals surface area contributed by atoms with Crippen molar-refractivity contribution in [3.8, 4) is 28.5 Å². The highest BCUT2D eigenvalue weighted by molar-refractivity contribution is 8.00. The lowest BCUT2D eigenvalue weighted by Crippen LogP contribution is -2.43. The molecule has 7 heteroatoms. The Morgan fingerprint density at radius 2 is 1.50 bits per heavy atom. The Kier molecular flexibility index (Phi) is 8.12. The maximum Gasteiger partial charge on any atom is 0.248 e. The molecular weight excluding hydrogens is 468 g/mol. The van der Waals surface area contributed by atoms with E-state index in [0.29, 0.717) is 16.3 Å². The number of nitriles is 1. The third-order valence-corrected chi connectivity index (χ3v) is 6.39. The summed E-state index contributed by atoms with van der Waals surface area (Å²) in [6, 6.07) is 31.1. The number of hydrogen-bond acceptors (Lipinski definition) is 5. The lowest BCUT2D eigenvalue weighted by molar-refractivity contribution is -0.127. The Morgan fingerprint density at radius 1 is 0.861 bits per heavy atom. The van der Waals surface area contributed by atoms with E-state index in [-0.39, 0.29) is 18.1 Å². The number of carbonyl (C=O) groups excluding carboxylic acids is 2. The minimum Gasteiger partial charge on any atom is -0.273 e. The van der Waals surface area contributed by atoms with Gasteiger partial charge in [-0.1, -0.05) is 102 Å². The molecule has 0 radical (unpaired) electrons.